The van der Waals surface area contributed by atoms with Gasteiger partial charge in [-0.1, -0.05) is 30.3 Å². The van der Waals surface area contributed by atoms with E-state index in [0.717, 1.165) is 5.56 Å². The van der Waals surface area contributed by atoms with Gasteiger partial charge in [0.15, 0.2) is 0 Å². The Morgan fingerprint density at radius 1 is 1.25 bits per heavy atom. The van der Waals surface area contributed by atoms with E-state index in [-0.39, 0.29) is 18.2 Å². The summed E-state index contributed by atoms with van der Waals surface area (Å²) in [6, 6.07) is 9.64. The fraction of sp³-hybridized carbons (Fsp3) is 0.250. The van der Waals surface area contributed by atoms with Crippen molar-refractivity contribution >= 4 is 17.6 Å². The standard InChI is InChI=1S/C12H12N2O2/c1-9-13-11(15)7-12(16)14(9)8-10-5-3-2-4-6-10/h2-6H,7-8H2,1H3. The Hall–Kier alpha value is -1.97. The molecule has 0 spiro atoms. The number of aliphatic imine (C=N–C) groups is 1. The highest BCUT2D eigenvalue weighted by molar-refractivity contribution is 6.13. The van der Waals surface area contributed by atoms with E-state index in [1.54, 1.807) is 6.92 Å². The first-order valence-electron chi connectivity index (χ1n) is 5.09. The van der Waals surface area contributed by atoms with Crippen LogP contribution in [0.5, 0.6) is 0 Å². The third-order valence-corrected chi connectivity index (χ3v) is 2.46. The quantitative estimate of drug-likeness (QED) is 0.701. The van der Waals surface area contributed by atoms with Crippen LogP contribution in [-0.2, 0) is 16.1 Å². The van der Waals surface area contributed by atoms with Crippen molar-refractivity contribution in [3.63, 3.8) is 0 Å². The number of carbonyl (C=O) groups is 2. The van der Waals surface area contributed by atoms with Crippen molar-refractivity contribution in [1.82, 2.24) is 4.90 Å². The molecule has 1 aliphatic heterocycles. The molecule has 0 saturated heterocycles. The molecule has 82 valence electrons. The lowest BCUT2D eigenvalue weighted by Crippen LogP contribution is -2.39. The third-order valence-electron chi connectivity index (χ3n) is 2.46. The molecule has 0 N–H and O–H groups in total. The first-order chi connectivity index (χ1) is 7.66. The van der Waals surface area contributed by atoms with Crippen LogP contribution in [0.25, 0.3) is 0 Å². The second kappa shape index (κ2) is 4.26. The molecule has 1 aromatic carbocycles. The van der Waals surface area contributed by atoms with Crippen molar-refractivity contribution in [3.8, 4) is 0 Å². The van der Waals surface area contributed by atoms with Gasteiger partial charge in [0.1, 0.15) is 12.3 Å². The third kappa shape index (κ3) is 2.16. The molecule has 0 aromatic heterocycles. The van der Waals surface area contributed by atoms with Gasteiger partial charge < -0.3 is 0 Å². The number of hydrogen-bond acceptors (Lipinski definition) is 2. The Labute approximate surface area is 93.6 Å². The zero-order valence-corrected chi connectivity index (χ0v) is 9.01. The molecule has 2 rings (SSSR count). The molecule has 0 aliphatic carbocycles. The molecule has 1 aliphatic rings. The van der Waals surface area contributed by atoms with Crippen molar-refractivity contribution in [1.29, 1.82) is 0 Å². The highest BCUT2D eigenvalue weighted by Gasteiger charge is 2.24. The summed E-state index contributed by atoms with van der Waals surface area (Å²) in [6.45, 7) is 2.15. The molecule has 0 saturated carbocycles. The van der Waals surface area contributed by atoms with Crippen molar-refractivity contribution in [3.05, 3.63) is 35.9 Å². The fourth-order valence-corrected chi connectivity index (χ4v) is 1.65. The molecule has 0 bridgehead atoms. The van der Waals surface area contributed by atoms with E-state index in [2.05, 4.69) is 4.99 Å². The Morgan fingerprint density at radius 3 is 2.56 bits per heavy atom. The summed E-state index contributed by atoms with van der Waals surface area (Å²) >= 11 is 0. The van der Waals surface area contributed by atoms with Gasteiger partial charge in [0.25, 0.3) is 5.91 Å². The zero-order valence-electron chi connectivity index (χ0n) is 9.01. The number of nitrogens with zero attached hydrogens (tertiary/aromatic N) is 2. The summed E-state index contributed by atoms with van der Waals surface area (Å²) in [7, 11) is 0. The van der Waals surface area contributed by atoms with Gasteiger partial charge in [-0.25, -0.2) is 0 Å². The van der Waals surface area contributed by atoms with E-state index in [0.29, 0.717) is 12.4 Å². The summed E-state index contributed by atoms with van der Waals surface area (Å²) < 4.78 is 0. The van der Waals surface area contributed by atoms with E-state index in [1.165, 1.54) is 4.90 Å². The van der Waals surface area contributed by atoms with Crippen LogP contribution in [0.1, 0.15) is 18.9 Å². The Morgan fingerprint density at radius 2 is 1.94 bits per heavy atom. The summed E-state index contributed by atoms with van der Waals surface area (Å²) in [5, 5.41) is 0. The van der Waals surface area contributed by atoms with E-state index < -0.39 is 0 Å². The van der Waals surface area contributed by atoms with Crippen LogP contribution >= 0.6 is 0 Å². The van der Waals surface area contributed by atoms with Crippen LogP contribution in [0.2, 0.25) is 0 Å². The molecule has 0 atom stereocenters. The lowest BCUT2D eigenvalue weighted by molar-refractivity contribution is -0.133. The second-order valence-corrected chi connectivity index (χ2v) is 3.70. The maximum absolute atomic E-state index is 11.6. The average molecular weight is 216 g/mol. The second-order valence-electron chi connectivity index (χ2n) is 3.70. The van der Waals surface area contributed by atoms with Gasteiger partial charge in [-0.15, -0.1) is 0 Å². The minimum atomic E-state index is -0.355. The lowest BCUT2D eigenvalue weighted by atomic mass is 10.2. The molecule has 4 nitrogen and oxygen atoms in total. The molecule has 4 heteroatoms. The Bertz CT molecular complexity index is 451. The SMILES string of the molecule is CC1=NC(=O)CC(=O)N1Cc1ccccc1. The Balaban J connectivity index is 2.19. The zero-order chi connectivity index (χ0) is 11.5. The van der Waals surface area contributed by atoms with Crippen molar-refractivity contribution < 1.29 is 9.59 Å². The summed E-state index contributed by atoms with van der Waals surface area (Å²) in [5.41, 5.74) is 1.03. The van der Waals surface area contributed by atoms with Crippen molar-refractivity contribution in [2.45, 2.75) is 19.9 Å². The topological polar surface area (TPSA) is 49.7 Å². The molecule has 2 amide bonds. The first-order valence-corrected chi connectivity index (χ1v) is 5.09. The monoisotopic (exact) mass is 216 g/mol. The van der Waals surface area contributed by atoms with Crippen LogP contribution in [-0.4, -0.2) is 22.5 Å². The minimum absolute atomic E-state index is 0.121. The number of rotatable bonds is 2. The number of hydrogen-bond donors (Lipinski definition) is 0. The van der Waals surface area contributed by atoms with Crippen LogP contribution in [0.4, 0.5) is 0 Å². The van der Waals surface area contributed by atoms with Gasteiger partial charge in [0.2, 0.25) is 5.91 Å². The van der Waals surface area contributed by atoms with Crippen LogP contribution < -0.4 is 0 Å². The molecule has 0 unspecified atom stereocenters. The van der Waals surface area contributed by atoms with Gasteiger partial charge in [0.05, 0.1) is 6.54 Å². The van der Waals surface area contributed by atoms with Gasteiger partial charge in [0, 0.05) is 0 Å². The molecule has 1 heterocycles. The summed E-state index contributed by atoms with van der Waals surface area (Å²) in [6.07, 6.45) is -0.121. The number of carbonyl (C=O) groups excluding carboxylic acids is 2. The van der Waals surface area contributed by atoms with Crippen LogP contribution in [0.3, 0.4) is 0 Å². The van der Waals surface area contributed by atoms with Gasteiger partial charge >= 0.3 is 0 Å². The smallest absolute Gasteiger partial charge is 0.256 e. The van der Waals surface area contributed by atoms with Gasteiger partial charge in [-0.05, 0) is 12.5 Å². The normalized spacial score (nSPS) is 16.3. The van der Waals surface area contributed by atoms with E-state index >= 15 is 0 Å². The predicted octanol–water partition coefficient (Wildman–Crippen LogP) is 1.36. The van der Waals surface area contributed by atoms with Gasteiger partial charge in [-0.3, -0.25) is 14.5 Å². The molecule has 0 radical (unpaired) electrons. The summed E-state index contributed by atoms with van der Waals surface area (Å²) in [4.78, 5) is 28.0. The number of amidine groups is 1. The van der Waals surface area contributed by atoms with Crippen molar-refractivity contribution in [2.24, 2.45) is 4.99 Å². The summed E-state index contributed by atoms with van der Waals surface area (Å²) in [5.74, 6) is -0.0572. The average Bonchev–Trinajstić information content (AvgIpc) is 2.25. The predicted molar refractivity (Wildman–Crippen MR) is 59.7 cm³/mol. The van der Waals surface area contributed by atoms with Crippen molar-refractivity contribution in [2.75, 3.05) is 0 Å². The van der Waals surface area contributed by atoms with Crippen LogP contribution in [0, 0.1) is 0 Å². The molecular formula is C12H12N2O2. The molecule has 16 heavy (non-hydrogen) atoms. The van der Waals surface area contributed by atoms with E-state index in [4.69, 9.17) is 0 Å². The maximum atomic E-state index is 11.6. The van der Waals surface area contributed by atoms with E-state index in [1.807, 2.05) is 30.3 Å². The Kier molecular flexibility index (Phi) is 2.81. The van der Waals surface area contributed by atoms with E-state index in [9.17, 15) is 9.59 Å². The highest BCUT2D eigenvalue weighted by Crippen LogP contribution is 2.11. The van der Waals surface area contributed by atoms with Gasteiger partial charge in [-0.2, -0.15) is 4.99 Å². The lowest BCUT2D eigenvalue weighted by Gasteiger charge is -2.24. The largest absolute Gasteiger partial charge is 0.296 e. The minimum Gasteiger partial charge on any atom is -0.296 e. The molecule has 1 aromatic rings. The number of benzene rings is 1. The number of amides is 2. The first kappa shape index (κ1) is 10.5. The fourth-order valence-electron chi connectivity index (χ4n) is 1.65. The van der Waals surface area contributed by atoms with Crippen LogP contribution in [0.15, 0.2) is 35.3 Å². The maximum Gasteiger partial charge on any atom is 0.256 e. The molecule has 0 fully saturated rings. The highest BCUT2D eigenvalue weighted by atomic mass is 16.2. The molecular weight excluding hydrogens is 204 g/mol.